The van der Waals surface area contributed by atoms with Crippen molar-refractivity contribution in [3.05, 3.63) is 0 Å². The van der Waals surface area contributed by atoms with Crippen LogP contribution in [0.4, 0.5) is 0 Å². The Morgan fingerprint density at radius 1 is 1.45 bits per heavy atom. The normalized spacial score (nSPS) is 32.5. The Kier molecular flexibility index (Phi) is 2.48. The van der Waals surface area contributed by atoms with Crippen molar-refractivity contribution >= 4 is 10.2 Å². The molecule has 0 aromatic rings. The predicted molar refractivity (Wildman–Crippen MR) is 39.9 cm³/mol. The minimum atomic E-state index is -3.65. The summed E-state index contributed by atoms with van der Waals surface area (Å²) in [6.07, 6.45) is 1.58. The molecule has 0 radical (unpaired) electrons. The Hall–Kier alpha value is -0.170. The molecule has 1 aliphatic carbocycles. The quantitative estimate of drug-likeness (QED) is 0.492. The van der Waals surface area contributed by atoms with Crippen LogP contribution in [0.1, 0.15) is 19.3 Å². The van der Waals surface area contributed by atoms with E-state index in [1.807, 2.05) is 0 Å². The number of aliphatic hydroxyl groups excluding tert-OH is 1. The first-order valence-electron chi connectivity index (χ1n) is 3.47. The summed E-state index contributed by atoms with van der Waals surface area (Å²) in [5.74, 6) is 0. The topological polar surface area (TPSA) is 92.4 Å². The molecular weight excluding hydrogens is 168 g/mol. The highest BCUT2D eigenvalue weighted by atomic mass is 32.2. The van der Waals surface area contributed by atoms with Crippen molar-refractivity contribution in [1.82, 2.24) is 4.72 Å². The molecule has 2 atom stereocenters. The van der Waals surface area contributed by atoms with Gasteiger partial charge in [-0.05, 0) is 19.3 Å². The van der Waals surface area contributed by atoms with E-state index in [2.05, 4.69) is 4.72 Å². The van der Waals surface area contributed by atoms with E-state index in [9.17, 15) is 8.42 Å². The fourth-order valence-electron chi connectivity index (χ4n) is 1.29. The summed E-state index contributed by atoms with van der Waals surface area (Å²) in [6, 6.07) is -0.384. The summed E-state index contributed by atoms with van der Waals surface area (Å²) in [5, 5.41) is 13.9. The molecule has 5 nitrogen and oxygen atoms in total. The number of nitrogens with one attached hydrogen (secondary N) is 1. The van der Waals surface area contributed by atoms with E-state index in [1.54, 1.807) is 0 Å². The van der Waals surface area contributed by atoms with Gasteiger partial charge in [0.15, 0.2) is 0 Å². The van der Waals surface area contributed by atoms with Crippen molar-refractivity contribution in [2.45, 2.75) is 31.4 Å². The Morgan fingerprint density at radius 3 is 2.45 bits per heavy atom. The molecule has 1 aliphatic rings. The first kappa shape index (κ1) is 8.92. The lowest BCUT2D eigenvalue weighted by molar-refractivity contribution is 0.159. The Labute approximate surface area is 65.8 Å². The number of nitrogens with two attached hydrogens (primary N) is 1. The fourth-order valence-corrected chi connectivity index (χ4v) is 1.99. The molecule has 0 heterocycles. The molecule has 0 aliphatic heterocycles. The smallest absolute Gasteiger partial charge is 0.274 e. The largest absolute Gasteiger partial charge is 0.391 e. The molecule has 6 heteroatoms. The van der Waals surface area contributed by atoms with Gasteiger partial charge in [0.25, 0.3) is 10.2 Å². The van der Waals surface area contributed by atoms with Crippen molar-refractivity contribution < 1.29 is 13.5 Å². The van der Waals surface area contributed by atoms with Gasteiger partial charge in [0.2, 0.25) is 0 Å². The van der Waals surface area contributed by atoms with Crippen molar-refractivity contribution in [3.63, 3.8) is 0 Å². The summed E-state index contributed by atoms with van der Waals surface area (Å²) in [5.41, 5.74) is 0. The van der Waals surface area contributed by atoms with Crippen LogP contribution < -0.4 is 9.86 Å². The van der Waals surface area contributed by atoms with Crippen molar-refractivity contribution in [1.29, 1.82) is 0 Å². The lowest BCUT2D eigenvalue weighted by Crippen LogP contribution is -2.43. The fraction of sp³-hybridized carbons (Fsp3) is 1.00. The molecule has 4 N–H and O–H groups in total. The van der Waals surface area contributed by atoms with Gasteiger partial charge >= 0.3 is 0 Å². The molecule has 11 heavy (non-hydrogen) atoms. The average Bonchev–Trinajstić information content (AvgIpc) is 2.12. The molecule has 0 aromatic heterocycles. The van der Waals surface area contributed by atoms with Gasteiger partial charge in [0, 0.05) is 6.04 Å². The minimum Gasteiger partial charge on any atom is -0.391 e. The van der Waals surface area contributed by atoms with Crippen molar-refractivity contribution in [2.24, 2.45) is 5.14 Å². The van der Waals surface area contributed by atoms with Gasteiger partial charge in [-0.1, -0.05) is 0 Å². The first-order valence-corrected chi connectivity index (χ1v) is 5.02. The third-order valence-electron chi connectivity index (χ3n) is 1.80. The van der Waals surface area contributed by atoms with Crippen LogP contribution in [0.25, 0.3) is 0 Å². The van der Waals surface area contributed by atoms with E-state index in [0.29, 0.717) is 12.8 Å². The monoisotopic (exact) mass is 180 g/mol. The molecule has 0 spiro atoms. The standard InChI is InChI=1S/C5H12N2O3S/c6-11(9,10)7-4-2-1-3-5(4)8/h4-5,7-8H,1-3H2,(H2,6,9,10). The predicted octanol–water partition coefficient (Wildman–Crippen LogP) is -1.31. The average molecular weight is 180 g/mol. The molecule has 2 unspecified atom stereocenters. The zero-order valence-electron chi connectivity index (χ0n) is 6.03. The first-order chi connectivity index (χ1) is 4.99. The maximum Gasteiger partial charge on any atom is 0.274 e. The van der Waals surface area contributed by atoms with Crippen molar-refractivity contribution in [2.75, 3.05) is 0 Å². The highest BCUT2D eigenvalue weighted by Crippen LogP contribution is 2.18. The van der Waals surface area contributed by atoms with Crippen LogP contribution in [0.5, 0.6) is 0 Å². The number of rotatable bonds is 2. The highest BCUT2D eigenvalue weighted by molar-refractivity contribution is 7.87. The van der Waals surface area contributed by atoms with E-state index < -0.39 is 16.3 Å². The van der Waals surface area contributed by atoms with Crippen LogP contribution in [0.15, 0.2) is 0 Å². The lowest BCUT2D eigenvalue weighted by atomic mass is 10.2. The van der Waals surface area contributed by atoms with Gasteiger partial charge in [0.05, 0.1) is 6.10 Å². The molecule has 0 saturated heterocycles. The number of hydrogen-bond acceptors (Lipinski definition) is 3. The third kappa shape index (κ3) is 2.74. The second-order valence-corrected chi connectivity index (χ2v) is 4.09. The zero-order chi connectivity index (χ0) is 8.48. The van der Waals surface area contributed by atoms with Crippen LogP contribution >= 0.6 is 0 Å². The lowest BCUT2D eigenvalue weighted by Gasteiger charge is -2.13. The minimum absolute atomic E-state index is 0.384. The maximum atomic E-state index is 10.5. The molecule has 0 amide bonds. The van der Waals surface area contributed by atoms with E-state index in [-0.39, 0.29) is 6.04 Å². The molecule has 1 fully saturated rings. The van der Waals surface area contributed by atoms with Gasteiger partial charge in [-0.2, -0.15) is 13.1 Å². The number of aliphatic hydroxyl groups is 1. The second-order valence-electron chi connectivity index (χ2n) is 2.77. The molecule has 0 bridgehead atoms. The molecular formula is C5H12N2O3S. The molecule has 1 saturated carbocycles. The van der Waals surface area contributed by atoms with Gasteiger partial charge in [-0.3, -0.25) is 0 Å². The van der Waals surface area contributed by atoms with Crippen LogP contribution in [-0.2, 0) is 10.2 Å². The van der Waals surface area contributed by atoms with Crippen LogP contribution in [-0.4, -0.2) is 25.7 Å². The van der Waals surface area contributed by atoms with Crippen LogP contribution in [0.2, 0.25) is 0 Å². The summed E-state index contributed by atoms with van der Waals surface area (Å²) >= 11 is 0. The molecule has 0 aromatic carbocycles. The summed E-state index contributed by atoms with van der Waals surface area (Å²) in [4.78, 5) is 0. The SMILES string of the molecule is NS(=O)(=O)NC1CCCC1O. The van der Waals surface area contributed by atoms with Crippen LogP contribution in [0.3, 0.4) is 0 Å². The van der Waals surface area contributed by atoms with Gasteiger partial charge < -0.3 is 5.11 Å². The van der Waals surface area contributed by atoms with E-state index in [0.717, 1.165) is 6.42 Å². The van der Waals surface area contributed by atoms with Crippen LogP contribution in [0, 0.1) is 0 Å². The Morgan fingerprint density at radius 2 is 2.09 bits per heavy atom. The van der Waals surface area contributed by atoms with Gasteiger partial charge in [-0.25, -0.2) is 5.14 Å². The summed E-state index contributed by atoms with van der Waals surface area (Å²) in [6.45, 7) is 0. The Bertz CT molecular complexity index is 226. The summed E-state index contributed by atoms with van der Waals surface area (Å²) in [7, 11) is -3.65. The summed E-state index contributed by atoms with van der Waals surface area (Å²) < 4.78 is 23.1. The second kappa shape index (κ2) is 3.06. The van der Waals surface area contributed by atoms with E-state index in [1.165, 1.54) is 0 Å². The third-order valence-corrected chi connectivity index (χ3v) is 2.43. The molecule has 1 rings (SSSR count). The molecule has 66 valence electrons. The van der Waals surface area contributed by atoms with Crippen molar-refractivity contribution in [3.8, 4) is 0 Å². The maximum absolute atomic E-state index is 10.5. The van der Waals surface area contributed by atoms with E-state index >= 15 is 0 Å². The van der Waals surface area contributed by atoms with E-state index in [4.69, 9.17) is 10.2 Å². The van der Waals surface area contributed by atoms with Gasteiger partial charge in [-0.15, -0.1) is 0 Å². The van der Waals surface area contributed by atoms with Gasteiger partial charge in [0.1, 0.15) is 0 Å². The highest BCUT2D eigenvalue weighted by Gasteiger charge is 2.27. The Balaban J connectivity index is 2.50. The zero-order valence-corrected chi connectivity index (χ0v) is 6.84. The number of hydrogen-bond donors (Lipinski definition) is 3.